The zero-order chi connectivity index (χ0) is 20.1. The molecule has 3 rings (SSSR count). The predicted octanol–water partition coefficient (Wildman–Crippen LogP) is 2.12. The average Bonchev–Trinajstić information content (AvgIpc) is 3.23. The Bertz CT molecular complexity index is 807. The van der Waals surface area contributed by atoms with E-state index in [4.69, 9.17) is 0 Å². The van der Waals surface area contributed by atoms with Crippen LogP contribution in [0.5, 0.6) is 0 Å². The van der Waals surface area contributed by atoms with E-state index in [1.165, 1.54) is 16.4 Å². The number of carbonyl (C=O) groups is 2. The van der Waals surface area contributed by atoms with Crippen molar-refractivity contribution in [3.05, 3.63) is 28.7 Å². The summed E-state index contributed by atoms with van der Waals surface area (Å²) in [5.74, 6) is -0.282. The number of sulfonamides is 1. The van der Waals surface area contributed by atoms with Gasteiger partial charge in [-0.3, -0.25) is 9.59 Å². The first-order valence-corrected chi connectivity index (χ1v) is 12.0. The van der Waals surface area contributed by atoms with Crippen LogP contribution in [-0.2, 0) is 19.6 Å². The van der Waals surface area contributed by atoms with Crippen molar-refractivity contribution in [1.82, 2.24) is 14.5 Å². The molecule has 2 aliphatic rings. The van der Waals surface area contributed by atoms with Gasteiger partial charge in [0.25, 0.3) is 0 Å². The quantitative estimate of drug-likeness (QED) is 0.688. The monoisotopic (exact) mass is 471 g/mol. The molecule has 0 aliphatic carbocycles. The summed E-state index contributed by atoms with van der Waals surface area (Å²) in [4.78, 5) is 26.8. The Morgan fingerprint density at radius 2 is 1.68 bits per heavy atom. The maximum Gasteiger partial charge on any atom is 0.243 e. The minimum atomic E-state index is -3.75. The van der Waals surface area contributed by atoms with Gasteiger partial charge in [-0.1, -0.05) is 22.4 Å². The van der Waals surface area contributed by atoms with Crippen molar-refractivity contribution in [2.45, 2.75) is 49.5 Å². The molecule has 2 saturated heterocycles. The molecule has 0 saturated carbocycles. The van der Waals surface area contributed by atoms with Crippen molar-refractivity contribution < 1.29 is 18.0 Å². The van der Waals surface area contributed by atoms with Crippen LogP contribution in [0.15, 0.2) is 33.6 Å². The Labute approximate surface area is 174 Å². The maximum atomic E-state index is 13.0. The Morgan fingerprint density at radius 1 is 1.04 bits per heavy atom. The molecule has 2 aliphatic heterocycles. The van der Waals surface area contributed by atoms with Gasteiger partial charge < -0.3 is 10.2 Å². The molecule has 0 aromatic heterocycles. The number of hydrogen-bond donors (Lipinski definition) is 1. The SMILES string of the molecule is O=C(NCCC(=O)N1CCCC1)[C@H]1CCCCN1S(=O)(=O)c1ccc(Br)cc1. The molecule has 2 amide bonds. The highest BCUT2D eigenvalue weighted by molar-refractivity contribution is 9.10. The fourth-order valence-electron chi connectivity index (χ4n) is 3.73. The molecule has 9 heteroatoms. The Morgan fingerprint density at radius 3 is 2.36 bits per heavy atom. The third kappa shape index (κ3) is 4.93. The average molecular weight is 472 g/mol. The van der Waals surface area contributed by atoms with E-state index in [-0.39, 0.29) is 29.7 Å². The van der Waals surface area contributed by atoms with Gasteiger partial charge in [-0.15, -0.1) is 0 Å². The molecule has 0 spiro atoms. The number of likely N-dealkylation sites (tertiary alicyclic amines) is 1. The number of amides is 2. The molecule has 0 bridgehead atoms. The van der Waals surface area contributed by atoms with Gasteiger partial charge in [0.15, 0.2) is 0 Å². The molecule has 0 unspecified atom stereocenters. The largest absolute Gasteiger partial charge is 0.354 e. The first-order chi connectivity index (χ1) is 13.4. The van der Waals surface area contributed by atoms with Gasteiger partial charge in [0.2, 0.25) is 21.8 Å². The maximum absolute atomic E-state index is 13.0. The van der Waals surface area contributed by atoms with Gasteiger partial charge in [0.05, 0.1) is 4.90 Å². The molecule has 1 atom stereocenters. The lowest BCUT2D eigenvalue weighted by atomic mass is 10.0. The van der Waals surface area contributed by atoms with Crippen LogP contribution >= 0.6 is 15.9 Å². The highest BCUT2D eigenvalue weighted by Gasteiger charge is 2.37. The lowest BCUT2D eigenvalue weighted by molar-refractivity contribution is -0.130. The van der Waals surface area contributed by atoms with Crippen LogP contribution < -0.4 is 5.32 Å². The van der Waals surface area contributed by atoms with E-state index >= 15 is 0 Å². The van der Waals surface area contributed by atoms with Crippen LogP contribution in [0.1, 0.15) is 38.5 Å². The standard InChI is InChI=1S/C19H26BrN3O4S/c20-15-6-8-16(9-7-15)28(26,27)23-14-2-1-5-17(23)19(25)21-11-10-18(24)22-12-3-4-13-22/h6-9,17H,1-5,10-14H2,(H,21,25)/t17-/m1/s1. The Hall–Kier alpha value is -1.45. The topological polar surface area (TPSA) is 86.8 Å². The smallest absolute Gasteiger partial charge is 0.243 e. The van der Waals surface area contributed by atoms with Crippen molar-refractivity contribution in [1.29, 1.82) is 0 Å². The van der Waals surface area contributed by atoms with Crippen molar-refractivity contribution in [2.24, 2.45) is 0 Å². The normalized spacial score (nSPS) is 20.9. The highest BCUT2D eigenvalue weighted by Crippen LogP contribution is 2.26. The van der Waals surface area contributed by atoms with Crippen molar-refractivity contribution in [3.8, 4) is 0 Å². The summed E-state index contributed by atoms with van der Waals surface area (Å²) in [6.07, 6.45) is 4.33. The fourth-order valence-corrected chi connectivity index (χ4v) is 5.65. The summed E-state index contributed by atoms with van der Waals surface area (Å²) in [6, 6.07) is 5.70. The zero-order valence-electron chi connectivity index (χ0n) is 15.8. The van der Waals surface area contributed by atoms with E-state index in [0.29, 0.717) is 13.0 Å². The molecule has 7 nitrogen and oxygen atoms in total. The molecular formula is C19H26BrN3O4S. The van der Waals surface area contributed by atoms with Crippen LogP contribution in [-0.4, -0.2) is 61.7 Å². The number of nitrogens with one attached hydrogen (secondary N) is 1. The second kappa shape index (κ2) is 9.37. The third-order valence-electron chi connectivity index (χ3n) is 5.27. The van der Waals surface area contributed by atoms with E-state index in [0.717, 1.165) is 43.2 Å². The number of nitrogens with zero attached hydrogens (tertiary/aromatic N) is 2. The van der Waals surface area contributed by atoms with Crippen molar-refractivity contribution in [3.63, 3.8) is 0 Å². The highest BCUT2D eigenvalue weighted by atomic mass is 79.9. The lowest BCUT2D eigenvalue weighted by Gasteiger charge is -2.33. The molecule has 0 radical (unpaired) electrons. The molecule has 2 fully saturated rings. The van der Waals surface area contributed by atoms with E-state index in [9.17, 15) is 18.0 Å². The van der Waals surface area contributed by atoms with Crippen LogP contribution in [0.4, 0.5) is 0 Å². The Balaban J connectivity index is 1.62. The third-order valence-corrected chi connectivity index (χ3v) is 7.72. The predicted molar refractivity (Wildman–Crippen MR) is 109 cm³/mol. The molecule has 2 heterocycles. The van der Waals surface area contributed by atoms with Gasteiger partial charge in [-0.2, -0.15) is 4.31 Å². The summed E-state index contributed by atoms with van der Waals surface area (Å²) in [5, 5.41) is 2.77. The fraction of sp³-hybridized carbons (Fsp3) is 0.579. The summed E-state index contributed by atoms with van der Waals surface area (Å²) >= 11 is 3.30. The summed E-state index contributed by atoms with van der Waals surface area (Å²) in [5.41, 5.74) is 0. The Kier molecular flexibility index (Phi) is 7.11. The lowest BCUT2D eigenvalue weighted by Crippen LogP contribution is -2.52. The van der Waals surface area contributed by atoms with Crippen LogP contribution in [0, 0.1) is 0 Å². The number of halogens is 1. The zero-order valence-corrected chi connectivity index (χ0v) is 18.2. The first kappa shape index (κ1) is 21.3. The van der Waals surface area contributed by atoms with E-state index in [1.807, 2.05) is 4.90 Å². The van der Waals surface area contributed by atoms with E-state index in [2.05, 4.69) is 21.2 Å². The minimum Gasteiger partial charge on any atom is -0.354 e. The first-order valence-electron chi connectivity index (χ1n) is 9.72. The van der Waals surface area contributed by atoms with E-state index < -0.39 is 16.1 Å². The van der Waals surface area contributed by atoms with Gasteiger partial charge in [0, 0.05) is 37.1 Å². The number of piperidine rings is 1. The molecule has 1 aromatic rings. The van der Waals surface area contributed by atoms with Gasteiger partial charge in [0.1, 0.15) is 6.04 Å². The van der Waals surface area contributed by atoms with Gasteiger partial charge in [-0.25, -0.2) is 8.42 Å². The molecule has 154 valence electrons. The van der Waals surface area contributed by atoms with Gasteiger partial charge in [-0.05, 0) is 49.9 Å². The summed E-state index contributed by atoms with van der Waals surface area (Å²) in [7, 11) is -3.75. The van der Waals surface area contributed by atoms with Gasteiger partial charge >= 0.3 is 0 Å². The second-order valence-corrected chi connectivity index (χ2v) is 10.0. The van der Waals surface area contributed by atoms with E-state index in [1.54, 1.807) is 12.1 Å². The van der Waals surface area contributed by atoms with Crippen LogP contribution in [0.3, 0.4) is 0 Å². The number of hydrogen-bond acceptors (Lipinski definition) is 4. The summed E-state index contributed by atoms with van der Waals surface area (Å²) in [6.45, 7) is 2.13. The van der Waals surface area contributed by atoms with Crippen molar-refractivity contribution in [2.75, 3.05) is 26.2 Å². The molecule has 1 aromatic carbocycles. The number of rotatable bonds is 6. The van der Waals surface area contributed by atoms with Crippen LogP contribution in [0.2, 0.25) is 0 Å². The summed E-state index contributed by atoms with van der Waals surface area (Å²) < 4.78 is 28.2. The van der Waals surface area contributed by atoms with Crippen LogP contribution in [0.25, 0.3) is 0 Å². The number of benzene rings is 1. The minimum absolute atomic E-state index is 0.0424. The molecular weight excluding hydrogens is 446 g/mol. The second-order valence-electron chi connectivity index (χ2n) is 7.21. The molecule has 1 N–H and O–H groups in total. The molecule has 28 heavy (non-hydrogen) atoms. The number of carbonyl (C=O) groups excluding carboxylic acids is 2. The van der Waals surface area contributed by atoms with Crippen molar-refractivity contribution >= 4 is 37.8 Å².